The molecule has 9 heteroatoms. The molecule has 3 N–H and O–H groups in total. The summed E-state index contributed by atoms with van der Waals surface area (Å²) in [7, 11) is 0. The molecule has 0 unspecified atom stereocenters. The summed E-state index contributed by atoms with van der Waals surface area (Å²) in [5.74, 6) is 0. The predicted molar refractivity (Wildman–Crippen MR) is 217 cm³/mol. The number of halogens is 2. The largest absolute Gasteiger partial charge is 0.354 e. The standard InChI is InChI=1S/C42H36Cl2N6S/c1-20-16-22(3)34(23(4)17-20)36-28-10-8-26(45-28)27-9-11-29(46-27)37(35-24(5)18-21(2)19-25(35)6)31-13-15-33(48-31)38(32-14-12-30(36)47-32)39-40(43)49-42(51-7)50-41(39)44/h8-19,45,47-48H,1-7H3. The maximum absolute atomic E-state index is 7.00. The van der Waals surface area contributed by atoms with Gasteiger partial charge >= 0.3 is 0 Å². The lowest BCUT2D eigenvalue weighted by Crippen LogP contribution is -1.94. The van der Waals surface area contributed by atoms with Gasteiger partial charge in [-0.1, -0.05) is 70.4 Å². The Bertz CT molecular complexity index is 2660. The van der Waals surface area contributed by atoms with Gasteiger partial charge in [0.25, 0.3) is 0 Å². The molecule has 5 aromatic heterocycles. The Hall–Kier alpha value is -4.82. The summed E-state index contributed by atoms with van der Waals surface area (Å²) >= 11 is 15.4. The van der Waals surface area contributed by atoms with E-state index >= 15 is 0 Å². The zero-order valence-corrected chi connectivity index (χ0v) is 31.8. The molecule has 8 bridgehead atoms. The van der Waals surface area contributed by atoms with E-state index in [2.05, 4.69) is 139 Å². The number of hydrogen-bond donors (Lipinski definition) is 3. The van der Waals surface area contributed by atoms with Crippen LogP contribution in [0.25, 0.3) is 78.6 Å². The Balaban J connectivity index is 1.60. The molecule has 7 aromatic rings. The van der Waals surface area contributed by atoms with E-state index < -0.39 is 0 Å². The number of thioether (sulfide) groups is 1. The number of hydrogen-bond acceptors (Lipinski definition) is 4. The average molecular weight is 728 g/mol. The molecule has 6 nitrogen and oxygen atoms in total. The van der Waals surface area contributed by atoms with E-state index in [4.69, 9.17) is 28.2 Å². The molecule has 0 aliphatic carbocycles. The summed E-state index contributed by atoms with van der Waals surface area (Å²) in [6.45, 7) is 12.9. The van der Waals surface area contributed by atoms with Crippen molar-refractivity contribution in [2.75, 3.05) is 6.26 Å². The summed E-state index contributed by atoms with van der Waals surface area (Å²) in [6.07, 6.45) is 6.11. The molecule has 1 aliphatic rings. The van der Waals surface area contributed by atoms with Gasteiger partial charge in [0, 0.05) is 44.3 Å². The third-order valence-corrected chi connectivity index (χ3v) is 10.8. The van der Waals surface area contributed by atoms with Crippen LogP contribution in [0.4, 0.5) is 0 Å². The first-order valence-corrected chi connectivity index (χ1v) is 18.8. The summed E-state index contributed by atoms with van der Waals surface area (Å²) in [5, 5.41) is 1.06. The van der Waals surface area contributed by atoms with Gasteiger partial charge in [0.15, 0.2) is 5.16 Å². The molecule has 254 valence electrons. The highest BCUT2D eigenvalue weighted by Gasteiger charge is 2.21. The van der Waals surface area contributed by atoms with E-state index in [9.17, 15) is 0 Å². The van der Waals surface area contributed by atoms with Crippen LogP contribution in [0, 0.1) is 41.5 Å². The van der Waals surface area contributed by atoms with Crippen LogP contribution in [0.15, 0.2) is 65.8 Å². The van der Waals surface area contributed by atoms with Crippen LogP contribution in [0.3, 0.4) is 0 Å². The molecule has 0 radical (unpaired) electrons. The van der Waals surface area contributed by atoms with Gasteiger partial charge in [0.1, 0.15) is 10.3 Å². The first kappa shape index (κ1) is 33.3. The summed E-state index contributed by atoms with van der Waals surface area (Å²) in [4.78, 5) is 25.8. The quantitative estimate of drug-likeness (QED) is 0.0957. The van der Waals surface area contributed by atoms with Crippen molar-refractivity contribution >= 4 is 80.2 Å². The second-order valence-corrected chi connectivity index (χ2v) is 14.9. The molecule has 51 heavy (non-hydrogen) atoms. The van der Waals surface area contributed by atoms with Gasteiger partial charge < -0.3 is 15.0 Å². The topological polar surface area (TPSA) is 86.0 Å². The molecule has 0 fully saturated rings. The van der Waals surface area contributed by atoms with E-state index in [1.165, 1.54) is 45.1 Å². The van der Waals surface area contributed by atoms with Gasteiger partial charge in [-0.3, -0.25) is 0 Å². The minimum atomic E-state index is 0.278. The van der Waals surface area contributed by atoms with Crippen LogP contribution < -0.4 is 0 Å². The maximum atomic E-state index is 7.00. The molecular formula is C42H36Cl2N6S. The van der Waals surface area contributed by atoms with E-state index in [-0.39, 0.29) is 10.3 Å². The fourth-order valence-electron chi connectivity index (χ4n) is 7.78. The number of aromatic nitrogens is 6. The van der Waals surface area contributed by atoms with Crippen molar-refractivity contribution in [3.8, 4) is 33.4 Å². The fourth-order valence-corrected chi connectivity index (χ4v) is 8.82. The van der Waals surface area contributed by atoms with Crippen LogP contribution in [-0.2, 0) is 0 Å². The first-order valence-electron chi connectivity index (χ1n) is 16.8. The third kappa shape index (κ3) is 5.74. The lowest BCUT2D eigenvalue weighted by Gasteiger charge is -2.13. The van der Waals surface area contributed by atoms with Crippen LogP contribution >= 0.6 is 35.0 Å². The summed E-state index contributed by atoms with van der Waals surface area (Å²) in [6, 6.07) is 21.6. The molecule has 0 atom stereocenters. The molecule has 0 amide bonds. The van der Waals surface area contributed by atoms with Crippen molar-refractivity contribution in [3.63, 3.8) is 0 Å². The molecular weight excluding hydrogens is 691 g/mol. The van der Waals surface area contributed by atoms with E-state index in [0.29, 0.717) is 10.7 Å². The minimum Gasteiger partial charge on any atom is -0.354 e. The van der Waals surface area contributed by atoms with Crippen molar-refractivity contribution in [1.29, 1.82) is 0 Å². The van der Waals surface area contributed by atoms with Crippen molar-refractivity contribution < 1.29 is 0 Å². The normalized spacial score (nSPS) is 12.0. The second kappa shape index (κ2) is 12.7. The number of nitrogens with zero attached hydrogens (tertiary/aromatic N) is 3. The van der Waals surface area contributed by atoms with Crippen molar-refractivity contribution in [3.05, 3.63) is 116 Å². The lowest BCUT2D eigenvalue weighted by molar-refractivity contribution is 0.975. The minimum absolute atomic E-state index is 0.278. The predicted octanol–water partition coefficient (Wildman–Crippen LogP) is 12.4. The molecule has 8 rings (SSSR count). The first-order chi connectivity index (χ1) is 24.5. The van der Waals surface area contributed by atoms with Crippen LogP contribution in [0.5, 0.6) is 0 Å². The van der Waals surface area contributed by atoms with Crippen molar-refractivity contribution in [1.82, 2.24) is 29.9 Å². The number of aromatic amines is 3. The Morgan fingerprint density at radius 3 is 1.29 bits per heavy atom. The molecule has 1 aliphatic heterocycles. The molecule has 0 saturated carbocycles. The Morgan fingerprint density at radius 1 is 0.451 bits per heavy atom. The van der Waals surface area contributed by atoms with Gasteiger partial charge in [-0.15, -0.1) is 0 Å². The molecule has 0 saturated heterocycles. The Morgan fingerprint density at radius 2 is 0.824 bits per heavy atom. The van der Waals surface area contributed by atoms with E-state index in [0.717, 1.165) is 72.3 Å². The number of benzene rings is 2. The van der Waals surface area contributed by atoms with Gasteiger partial charge in [0.05, 0.1) is 22.5 Å². The van der Waals surface area contributed by atoms with Crippen molar-refractivity contribution in [2.45, 2.75) is 46.7 Å². The Labute approximate surface area is 310 Å². The van der Waals surface area contributed by atoms with Gasteiger partial charge in [-0.2, -0.15) is 0 Å². The van der Waals surface area contributed by atoms with Gasteiger partial charge in [0.2, 0.25) is 0 Å². The van der Waals surface area contributed by atoms with Crippen LogP contribution in [0.1, 0.15) is 44.8 Å². The van der Waals surface area contributed by atoms with E-state index in [1.54, 1.807) is 0 Å². The highest BCUT2D eigenvalue weighted by Crippen LogP contribution is 2.42. The van der Waals surface area contributed by atoms with Gasteiger partial charge in [-0.25, -0.2) is 15.0 Å². The second-order valence-electron chi connectivity index (χ2n) is 13.4. The number of rotatable bonds is 4. The Kier molecular flexibility index (Phi) is 8.33. The van der Waals surface area contributed by atoms with Crippen LogP contribution in [-0.4, -0.2) is 36.2 Å². The summed E-state index contributed by atoms with van der Waals surface area (Å²) in [5.41, 5.74) is 20.0. The smallest absolute Gasteiger partial charge is 0.190 e. The maximum Gasteiger partial charge on any atom is 0.190 e. The third-order valence-electron chi connectivity index (χ3n) is 9.66. The monoisotopic (exact) mass is 726 g/mol. The molecule has 2 aromatic carbocycles. The van der Waals surface area contributed by atoms with Crippen molar-refractivity contribution in [2.24, 2.45) is 0 Å². The number of fused-ring (bicyclic) bond motifs is 9. The van der Waals surface area contributed by atoms with Gasteiger partial charge in [-0.05, 0) is 130 Å². The average Bonchev–Trinajstić information content (AvgIpc) is 3.89. The fraction of sp³-hybridized carbons (Fsp3) is 0.167. The zero-order chi connectivity index (χ0) is 35.7. The van der Waals surface area contributed by atoms with E-state index in [1.807, 2.05) is 6.26 Å². The van der Waals surface area contributed by atoms with Crippen LogP contribution in [0.2, 0.25) is 10.3 Å². The highest BCUT2D eigenvalue weighted by molar-refractivity contribution is 7.98. The number of nitrogens with one attached hydrogen (secondary N) is 3. The highest BCUT2D eigenvalue weighted by atomic mass is 35.5. The number of aryl methyl sites for hydroxylation is 6. The summed E-state index contributed by atoms with van der Waals surface area (Å²) < 4.78 is 0. The molecule has 0 spiro atoms. The molecule has 6 heterocycles. The SMILES string of the molecule is CSc1nc(Cl)c(-c2c3ccc([nH]3)c(-c3c(C)cc(C)cc3C)c3nc(c4ccc([nH]4)c(-c4c(C)cc(C)cc4C)c4ccc2[nH]4)C=C3)c(Cl)n1. The zero-order valence-electron chi connectivity index (χ0n) is 29.4. The lowest BCUT2D eigenvalue weighted by atomic mass is 9.92. The number of H-pyrrole nitrogens is 3.